The van der Waals surface area contributed by atoms with Gasteiger partial charge in [0.15, 0.2) is 6.29 Å². The molecule has 2 rings (SSSR count). The number of ether oxygens (including phenoxy) is 1. The number of aryl methyl sites for hydroxylation is 1. The van der Waals surface area contributed by atoms with Crippen LogP contribution in [0.3, 0.4) is 0 Å². The Morgan fingerprint density at radius 2 is 2.22 bits per heavy atom. The second kappa shape index (κ2) is 5.44. The minimum Gasteiger partial charge on any atom is -0.492 e. The van der Waals surface area contributed by atoms with Gasteiger partial charge in [-0.3, -0.25) is 4.79 Å². The summed E-state index contributed by atoms with van der Waals surface area (Å²) in [4.78, 5) is 10.6. The third-order valence-corrected chi connectivity index (χ3v) is 2.69. The lowest BCUT2D eigenvalue weighted by Gasteiger charge is -2.07. The van der Waals surface area contributed by atoms with Gasteiger partial charge in [-0.2, -0.15) is 0 Å². The first-order valence-corrected chi connectivity index (χ1v) is 5.75. The van der Waals surface area contributed by atoms with Crippen molar-refractivity contribution in [1.82, 2.24) is 15.0 Å². The first-order valence-electron chi connectivity index (χ1n) is 5.75. The highest BCUT2D eigenvalue weighted by molar-refractivity contribution is 5.72. The van der Waals surface area contributed by atoms with E-state index >= 15 is 0 Å². The second-order valence-electron chi connectivity index (χ2n) is 4.07. The Labute approximate surface area is 105 Å². The topological polar surface area (TPSA) is 57.0 Å². The van der Waals surface area contributed by atoms with E-state index in [9.17, 15) is 4.79 Å². The predicted octanol–water partition coefficient (Wildman–Crippen LogP) is 1.79. The molecular weight excluding hydrogens is 230 g/mol. The Morgan fingerprint density at radius 1 is 1.39 bits per heavy atom. The molecule has 0 N–H and O–H groups in total. The van der Waals surface area contributed by atoms with E-state index in [-0.39, 0.29) is 0 Å². The number of hydrogen-bond donors (Lipinski definition) is 0. The fourth-order valence-corrected chi connectivity index (χ4v) is 1.65. The van der Waals surface area contributed by atoms with Crippen LogP contribution in [0.2, 0.25) is 0 Å². The van der Waals surface area contributed by atoms with Crippen LogP contribution in [0.25, 0.3) is 0 Å². The molecular formula is C13H15N3O2. The van der Waals surface area contributed by atoms with E-state index in [1.165, 1.54) is 0 Å². The molecule has 0 spiro atoms. The summed E-state index contributed by atoms with van der Waals surface area (Å²) in [5, 5.41) is 7.65. The van der Waals surface area contributed by atoms with Gasteiger partial charge in [-0.15, -0.1) is 5.10 Å². The third-order valence-electron chi connectivity index (χ3n) is 2.69. The molecule has 0 aliphatic rings. The van der Waals surface area contributed by atoms with Crippen molar-refractivity contribution in [3.05, 3.63) is 41.2 Å². The Balaban J connectivity index is 1.92. The van der Waals surface area contributed by atoms with E-state index in [2.05, 4.69) is 10.3 Å². The van der Waals surface area contributed by atoms with E-state index < -0.39 is 0 Å². The van der Waals surface area contributed by atoms with Crippen molar-refractivity contribution in [2.75, 3.05) is 6.61 Å². The van der Waals surface area contributed by atoms with E-state index in [1.807, 2.05) is 38.1 Å². The monoisotopic (exact) mass is 245 g/mol. The van der Waals surface area contributed by atoms with Crippen LogP contribution < -0.4 is 4.74 Å². The molecule has 0 aliphatic heterocycles. The van der Waals surface area contributed by atoms with E-state index in [4.69, 9.17) is 4.74 Å². The molecule has 5 nitrogen and oxygen atoms in total. The summed E-state index contributed by atoms with van der Waals surface area (Å²) in [6.45, 7) is 4.90. The average molecular weight is 245 g/mol. The minimum atomic E-state index is 0.380. The Hall–Kier alpha value is -2.17. The van der Waals surface area contributed by atoms with E-state index in [1.54, 1.807) is 4.68 Å². The van der Waals surface area contributed by atoms with Crippen LogP contribution in [-0.4, -0.2) is 27.9 Å². The lowest BCUT2D eigenvalue weighted by molar-refractivity contribution is 0.111. The molecule has 0 bridgehead atoms. The number of hydrogen-bond acceptors (Lipinski definition) is 4. The van der Waals surface area contributed by atoms with Gasteiger partial charge in [0.25, 0.3) is 0 Å². The SMILES string of the molecule is Cc1cccc(OCCn2nnc(C=O)c2C)c1. The van der Waals surface area contributed by atoms with Gasteiger partial charge in [-0.25, -0.2) is 4.68 Å². The largest absolute Gasteiger partial charge is 0.492 e. The Kier molecular flexibility index (Phi) is 3.72. The van der Waals surface area contributed by atoms with Crippen molar-refractivity contribution in [3.8, 4) is 5.75 Å². The summed E-state index contributed by atoms with van der Waals surface area (Å²) in [7, 11) is 0. The number of rotatable bonds is 5. The molecule has 0 saturated carbocycles. The number of nitrogens with zero attached hydrogens (tertiary/aromatic N) is 3. The van der Waals surface area contributed by atoms with Crippen LogP contribution in [0.15, 0.2) is 24.3 Å². The minimum absolute atomic E-state index is 0.380. The highest BCUT2D eigenvalue weighted by Gasteiger charge is 2.06. The maximum absolute atomic E-state index is 10.6. The summed E-state index contributed by atoms with van der Waals surface area (Å²) >= 11 is 0. The van der Waals surface area contributed by atoms with Gasteiger partial charge in [0.05, 0.1) is 12.2 Å². The lowest BCUT2D eigenvalue weighted by atomic mass is 10.2. The molecule has 0 fully saturated rings. The third kappa shape index (κ3) is 2.74. The van der Waals surface area contributed by atoms with Crippen molar-refractivity contribution < 1.29 is 9.53 Å². The molecule has 0 amide bonds. The number of carbonyl (C=O) groups is 1. The first-order chi connectivity index (χ1) is 8.70. The maximum Gasteiger partial charge on any atom is 0.172 e. The van der Waals surface area contributed by atoms with Gasteiger partial charge in [-0.05, 0) is 31.5 Å². The van der Waals surface area contributed by atoms with Crippen molar-refractivity contribution in [3.63, 3.8) is 0 Å². The maximum atomic E-state index is 10.6. The summed E-state index contributed by atoms with van der Waals surface area (Å²) in [6, 6.07) is 7.86. The second-order valence-corrected chi connectivity index (χ2v) is 4.07. The molecule has 18 heavy (non-hydrogen) atoms. The van der Waals surface area contributed by atoms with Gasteiger partial charge >= 0.3 is 0 Å². The number of aldehydes is 1. The molecule has 1 heterocycles. The van der Waals surface area contributed by atoms with Gasteiger partial charge < -0.3 is 4.74 Å². The molecule has 1 aromatic heterocycles. The molecule has 0 aliphatic carbocycles. The van der Waals surface area contributed by atoms with Gasteiger partial charge in [0.1, 0.15) is 18.1 Å². The van der Waals surface area contributed by atoms with Crippen LogP contribution in [-0.2, 0) is 6.54 Å². The van der Waals surface area contributed by atoms with Crippen LogP contribution in [0.4, 0.5) is 0 Å². The fourth-order valence-electron chi connectivity index (χ4n) is 1.65. The van der Waals surface area contributed by atoms with Crippen LogP contribution in [0.1, 0.15) is 21.7 Å². The zero-order chi connectivity index (χ0) is 13.0. The number of carbonyl (C=O) groups excluding carboxylic acids is 1. The molecule has 0 radical (unpaired) electrons. The standard InChI is InChI=1S/C13H15N3O2/c1-10-4-3-5-12(8-10)18-7-6-16-11(2)13(9-17)14-15-16/h3-5,8-9H,6-7H2,1-2H3. The summed E-state index contributed by atoms with van der Waals surface area (Å²) in [5.74, 6) is 0.836. The van der Waals surface area contributed by atoms with Gasteiger partial charge in [0.2, 0.25) is 0 Å². The molecule has 0 saturated heterocycles. The molecule has 2 aromatic rings. The van der Waals surface area contributed by atoms with Crippen molar-refractivity contribution >= 4 is 6.29 Å². The quantitative estimate of drug-likeness (QED) is 0.753. The normalized spacial score (nSPS) is 10.3. The van der Waals surface area contributed by atoms with Crippen LogP contribution in [0.5, 0.6) is 5.75 Å². The zero-order valence-corrected chi connectivity index (χ0v) is 10.5. The first kappa shape index (κ1) is 12.3. The molecule has 0 unspecified atom stereocenters. The smallest absolute Gasteiger partial charge is 0.172 e. The van der Waals surface area contributed by atoms with Gasteiger partial charge in [0, 0.05) is 0 Å². The van der Waals surface area contributed by atoms with E-state index in [0.717, 1.165) is 17.0 Å². The molecule has 5 heteroatoms. The van der Waals surface area contributed by atoms with E-state index in [0.29, 0.717) is 25.1 Å². The zero-order valence-electron chi connectivity index (χ0n) is 10.5. The lowest BCUT2D eigenvalue weighted by Crippen LogP contribution is -2.11. The van der Waals surface area contributed by atoms with Crippen LogP contribution >= 0.6 is 0 Å². The fraction of sp³-hybridized carbons (Fsp3) is 0.308. The number of aromatic nitrogens is 3. The van der Waals surface area contributed by atoms with Crippen molar-refractivity contribution in [2.24, 2.45) is 0 Å². The summed E-state index contributed by atoms with van der Waals surface area (Å²) < 4.78 is 7.28. The van der Waals surface area contributed by atoms with Crippen LogP contribution in [0, 0.1) is 13.8 Å². The summed E-state index contributed by atoms with van der Waals surface area (Å²) in [5.41, 5.74) is 2.30. The van der Waals surface area contributed by atoms with Gasteiger partial charge in [-0.1, -0.05) is 17.3 Å². The molecule has 1 aromatic carbocycles. The average Bonchev–Trinajstić information content (AvgIpc) is 2.71. The Morgan fingerprint density at radius 3 is 2.89 bits per heavy atom. The van der Waals surface area contributed by atoms with Crippen molar-refractivity contribution in [1.29, 1.82) is 0 Å². The Bertz CT molecular complexity index is 549. The molecule has 94 valence electrons. The predicted molar refractivity (Wildman–Crippen MR) is 66.8 cm³/mol. The highest BCUT2D eigenvalue weighted by atomic mass is 16.5. The van der Waals surface area contributed by atoms with Crippen molar-refractivity contribution in [2.45, 2.75) is 20.4 Å². The number of benzene rings is 1. The molecule has 0 atom stereocenters. The highest BCUT2D eigenvalue weighted by Crippen LogP contribution is 2.12. The summed E-state index contributed by atoms with van der Waals surface area (Å²) in [6.07, 6.45) is 0.709.